The highest BCUT2D eigenvalue weighted by atomic mass is 35.5. The van der Waals surface area contributed by atoms with Crippen molar-refractivity contribution in [2.45, 2.75) is 39.2 Å². The third-order valence-electron chi connectivity index (χ3n) is 2.81. The van der Waals surface area contributed by atoms with Gasteiger partial charge in [0.1, 0.15) is 0 Å². The van der Waals surface area contributed by atoms with Gasteiger partial charge in [0.2, 0.25) is 0 Å². The molecule has 0 aliphatic heterocycles. The number of aliphatic hydroxyl groups is 1. The molecule has 1 rings (SSSR count). The number of hydrogen-bond donors (Lipinski definition) is 2. The van der Waals surface area contributed by atoms with Crippen molar-refractivity contribution in [1.82, 2.24) is 0 Å². The number of aliphatic hydroxyl groups excluding tert-OH is 1. The number of nitrogen functional groups attached to an aromatic ring is 1. The first-order valence-electron chi connectivity index (χ1n) is 5.77. The molecule has 0 fully saturated rings. The van der Waals surface area contributed by atoms with Crippen LogP contribution in [0.5, 0.6) is 0 Å². The van der Waals surface area contributed by atoms with Crippen molar-refractivity contribution < 1.29 is 5.11 Å². The van der Waals surface area contributed by atoms with E-state index in [4.69, 9.17) is 17.3 Å². The molecule has 0 saturated carbocycles. The molecule has 0 bridgehead atoms. The third-order valence-corrected chi connectivity index (χ3v) is 3.05. The Kier molecular flexibility index (Phi) is 5.10. The summed E-state index contributed by atoms with van der Waals surface area (Å²) < 4.78 is 0. The third kappa shape index (κ3) is 3.69. The van der Waals surface area contributed by atoms with Crippen LogP contribution in [0.1, 0.15) is 44.8 Å². The maximum absolute atomic E-state index is 10.1. The van der Waals surface area contributed by atoms with Crippen LogP contribution in [-0.2, 0) is 0 Å². The van der Waals surface area contributed by atoms with Gasteiger partial charge in [-0.3, -0.25) is 0 Å². The Morgan fingerprint density at radius 2 is 2.12 bits per heavy atom. The molecule has 0 aromatic heterocycles. The predicted molar refractivity (Wildman–Crippen MR) is 69.5 cm³/mol. The molecular formula is C13H20ClNO. The van der Waals surface area contributed by atoms with Crippen LogP contribution in [0.4, 0.5) is 5.69 Å². The van der Waals surface area contributed by atoms with E-state index in [1.807, 2.05) is 0 Å². The van der Waals surface area contributed by atoms with E-state index in [-0.39, 0.29) is 0 Å². The minimum atomic E-state index is -0.487. The summed E-state index contributed by atoms with van der Waals surface area (Å²) in [5.41, 5.74) is 7.18. The molecule has 0 saturated heterocycles. The van der Waals surface area contributed by atoms with E-state index < -0.39 is 6.10 Å². The second-order valence-electron chi connectivity index (χ2n) is 4.42. The van der Waals surface area contributed by atoms with E-state index in [1.54, 1.807) is 18.2 Å². The van der Waals surface area contributed by atoms with Crippen molar-refractivity contribution in [1.29, 1.82) is 0 Å². The second kappa shape index (κ2) is 6.12. The summed E-state index contributed by atoms with van der Waals surface area (Å²) in [5.74, 6) is 0.509. The van der Waals surface area contributed by atoms with Gasteiger partial charge in [-0.1, -0.05) is 44.4 Å². The summed E-state index contributed by atoms with van der Waals surface area (Å²) >= 11 is 5.82. The molecule has 0 aliphatic rings. The van der Waals surface area contributed by atoms with Crippen LogP contribution < -0.4 is 5.73 Å². The molecule has 1 aromatic rings. The largest absolute Gasteiger partial charge is 0.398 e. The monoisotopic (exact) mass is 241 g/mol. The SMILES string of the molecule is CCCC(C)CC(O)c1ccc(Cl)cc1N. The maximum Gasteiger partial charge on any atom is 0.0812 e. The molecule has 2 atom stereocenters. The number of hydrogen-bond acceptors (Lipinski definition) is 2. The van der Waals surface area contributed by atoms with Crippen LogP contribution >= 0.6 is 11.6 Å². The van der Waals surface area contributed by atoms with Gasteiger partial charge in [0.05, 0.1) is 6.10 Å². The zero-order valence-electron chi connectivity index (χ0n) is 9.91. The lowest BCUT2D eigenvalue weighted by molar-refractivity contribution is 0.146. The van der Waals surface area contributed by atoms with E-state index in [0.717, 1.165) is 24.8 Å². The molecule has 0 radical (unpaired) electrons. The minimum Gasteiger partial charge on any atom is -0.398 e. The van der Waals surface area contributed by atoms with E-state index in [0.29, 0.717) is 16.6 Å². The normalized spacial score (nSPS) is 14.8. The summed E-state index contributed by atoms with van der Waals surface area (Å²) in [6, 6.07) is 5.26. The molecule has 0 aliphatic carbocycles. The first-order chi connectivity index (χ1) is 7.54. The Balaban J connectivity index is 2.69. The lowest BCUT2D eigenvalue weighted by atomic mass is 9.94. The minimum absolute atomic E-state index is 0.487. The van der Waals surface area contributed by atoms with Crippen LogP contribution in [-0.4, -0.2) is 5.11 Å². The van der Waals surface area contributed by atoms with Crippen LogP contribution in [0, 0.1) is 5.92 Å². The van der Waals surface area contributed by atoms with E-state index in [1.165, 1.54) is 0 Å². The van der Waals surface area contributed by atoms with Gasteiger partial charge in [-0.25, -0.2) is 0 Å². The zero-order valence-corrected chi connectivity index (χ0v) is 10.7. The molecule has 3 heteroatoms. The van der Waals surface area contributed by atoms with Gasteiger partial charge in [-0.2, -0.15) is 0 Å². The number of benzene rings is 1. The van der Waals surface area contributed by atoms with Crippen molar-refractivity contribution in [3.63, 3.8) is 0 Å². The summed E-state index contributed by atoms with van der Waals surface area (Å²) in [5, 5.41) is 10.7. The maximum atomic E-state index is 10.1. The van der Waals surface area contributed by atoms with Gasteiger partial charge in [0.25, 0.3) is 0 Å². The number of anilines is 1. The fourth-order valence-electron chi connectivity index (χ4n) is 1.97. The van der Waals surface area contributed by atoms with Gasteiger partial charge in [0, 0.05) is 16.3 Å². The van der Waals surface area contributed by atoms with Crippen LogP contribution in [0.2, 0.25) is 5.02 Å². The summed E-state index contributed by atoms with van der Waals surface area (Å²) in [4.78, 5) is 0. The van der Waals surface area contributed by atoms with Gasteiger partial charge in [-0.15, -0.1) is 0 Å². The topological polar surface area (TPSA) is 46.2 Å². The van der Waals surface area contributed by atoms with Crippen molar-refractivity contribution in [2.75, 3.05) is 5.73 Å². The predicted octanol–water partition coefficient (Wildman–Crippen LogP) is 3.78. The number of rotatable bonds is 5. The second-order valence-corrected chi connectivity index (χ2v) is 4.86. The van der Waals surface area contributed by atoms with Crippen molar-refractivity contribution >= 4 is 17.3 Å². The molecule has 0 heterocycles. The van der Waals surface area contributed by atoms with Crippen molar-refractivity contribution in [3.8, 4) is 0 Å². The molecule has 2 nitrogen and oxygen atoms in total. The first kappa shape index (κ1) is 13.3. The molecule has 1 aromatic carbocycles. The smallest absolute Gasteiger partial charge is 0.0812 e. The fraction of sp³-hybridized carbons (Fsp3) is 0.538. The molecule has 90 valence electrons. The molecule has 16 heavy (non-hydrogen) atoms. The van der Waals surface area contributed by atoms with E-state index >= 15 is 0 Å². The standard InChI is InChI=1S/C13H20ClNO/c1-3-4-9(2)7-13(16)11-6-5-10(14)8-12(11)15/h5-6,8-9,13,16H,3-4,7,15H2,1-2H3. The first-order valence-corrected chi connectivity index (χ1v) is 6.15. The highest BCUT2D eigenvalue weighted by Crippen LogP contribution is 2.29. The molecule has 2 unspecified atom stereocenters. The average molecular weight is 242 g/mol. The van der Waals surface area contributed by atoms with E-state index in [9.17, 15) is 5.11 Å². The zero-order chi connectivity index (χ0) is 12.1. The Labute approximate surface area is 102 Å². The summed E-state index contributed by atoms with van der Waals surface area (Å²) in [6.07, 6.45) is 2.53. The fourth-order valence-corrected chi connectivity index (χ4v) is 2.15. The average Bonchev–Trinajstić information content (AvgIpc) is 2.17. The summed E-state index contributed by atoms with van der Waals surface area (Å²) in [6.45, 7) is 4.30. The molecule has 0 spiro atoms. The van der Waals surface area contributed by atoms with Gasteiger partial charge >= 0.3 is 0 Å². The molecule has 0 amide bonds. The Bertz CT molecular complexity index is 341. The highest BCUT2D eigenvalue weighted by molar-refractivity contribution is 6.30. The van der Waals surface area contributed by atoms with Gasteiger partial charge in [0.15, 0.2) is 0 Å². The van der Waals surface area contributed by atoms with Gasteiger partial charge in [-0.05, 0) is 24.5 Å². The Morgan fingerprint density at radius 3 is 2.69 bits per heavy atom. The summed E-state index contributed by atoms with van der Waals surface area (Å²) in [7, 11) is 0. The van der Waals surface area contributed by atoms with Crippen molar-refractivity contribution in [3.05, 3.63) is 28.8 Å². The Morgan fingerprint density at radius 1 is 1.44 bits per heavy atom. The Hall–Kier alpha value is -0.730. The lowest BCUT2D eigenvalue weighted by Gasteiger charge is -2.17. The van der Waals surface area contributed by atoms with Crippen LogP contribution in [0.3, 0.4) is 0 Å². The molecular weight excluding hydrogens is 222 g/mol. The van der Waals surface area contributed by atoms with E-state index in [2.05, 4.69) is 13.8 Å². The van der Waals surface area contributed by atoms with Gasteiger partial charge < -0.3 is 10.8 Å². The highest BCUT2D eigenvalue weighted by Gasteiger charge is 2.14. The van der Waals surface area contributed by atoms with Crippen molar-refractivity contribution in [2.24, 2.45) is 5.92 Å². The number of nitrogens with two attached hydrogens (primary N) is 1. The quantitative estimate of drug-likeness (QED) is 0.771. The lowest BCUT2D eigenvalue weighted by Crippen LogP contribution is -2.07. The van der Waals surface area contributed by atoms with Crippen LogP contribution in [0.25, 0.3) is 0 Å². The van der Waals surface area contributed by atoms with Crippen LogP contribution in [0.15, 0.2) is 18.2 Å². The molecule has 3 N–H and O–H groups in total. The number of halogens is 1.